The van der Waals surface area contributed by atoms with Crippen molar-refractivity contribution in [2.45, 2.75) is 46.0 Å². The molecule has 1 aliphatic carbocycles. The summed E-state index contributed by atoms with van der Waals surface area (Å²) in [6, 6.07) is 0. The van der Waals surface area contributed by atoms with Gasteiger partial charge in [0.2, 0.25) is 0 Å². The van der Waals surface area contributed by atoms with Crippen LogP contribution in [0.4, 0.5) is 0 Å². The number of carbonyl (C=O) groups is 1. The summed E-state index contributed by atoms with van der Waals surface area (Å²) >= 11 is 0. The summed E-state index contributed by atoms with van der Waals surface area (Å²) < 4.78 is 0. The van der Waals surface area contributed by atoms with E-state index in [1.54, 1.807) is 0 Å². The van der Waals surface area contributed by atoms with Crippen molar-refractivity contribution in [3.63, 3.8) is 0 Å². The van der Waals surface area contributed by atoms with E-state index in [-0.39, 0.29) is 0 Å². The molecule has 0 radical (unpaired) electrons. The third kappa shape index (κ3) is 2.85. The average Bonchev–Trinajstić information content (AvgIpc) is 2.74. The molecule has 2 heteroatoms. The minimum absolute atomic E-state index is 0.381. The Hall–Kier alpha value is -0.370. The Morgan fingerprint density at radius 1 is 1.19 bits per heavy atom. The Morgan fingerprint density at radius 3 is 2.62 bits per heavy atom. The molecular weight excluding hydrogens is 198 g/mol. The van der Waals surface area contributed by atoms with Gasteiger partial charge in [-0.25, -0.2) is 0 Å². The molecule has 1 aliphatic heterocycles. The highest BCUT2D eigenvalue weighted by Gasteiger charge is 2.30. The van der Waals surface area contributed by atoms with Gasteiger partial charge in [-0.3, -0.25) is 4.79 Å². The van der Waals surface area contributed by atoms with Crippen LogP contribution in [0.3, 0.4) is 0 Å². The molecule has 0 aromatic heterocycles. The van der Waals surface area contributed by atoms with Crippen molar-refractivity contribution in [2.24, 2.45) is 23.7 Å². The van der Waals surface area contributed by atoms with Gasteiger partial charge in [-0.15, -0.1) is 0 Å². The summed E-state index contributed by atoms with van der Waals surface area (Å²) in [4.78, 5) is 12.2. The molecule has 2 nitrogen and oxygen atoms in total. The molecule has 2 fully saturated rings. The smallest absolute Gasteiger partial charge is 0.136 e. The lowest BCUT2D eigenvalue weighted by Crippen LogP contribution is -2.28. The zero-order valence-electron chi connectivity index (χ0n) is 10.7. The van der Waals surface area contributed by atoms with Gasteiger partial charge in [0.05, 0.1) is 0 Å². The maximum atomic E-state index is 12.2. The van der Waals surface area contributed by atoms with Gasteiger partial charge in [-0.1, -0.05) is 13.8 Å². The third-order valence-corrected chi connectivity index (χ3v) is 4.71. The lowest BCUT2D eigenvalue weighted by molar-refractivity contribution is -0.125. The molecule has 16 heavy (non-hydrogen) atoms. The molecular formula is C14H25NO. The van der Waals surface area contributed by atoms with Crippen LogP contribution in [-0.4, -0.2) is 18.9 Å². The predicted molar refractivity (Wildman–Crippen MR) is 66.3 cm³/mol. The summed E-state index contributed by atoms with van der Waals surface area (Å²) in [6.45, 7) is 6.80. The van der Waals surface area contributed by atoms with E-state index in [1.165, 1.54) is 12.8 Å². The van der Waals surface area contributed by atoms with Gasteiger partial charge in [-0.2, -0.15) is 0 Å². The number of hydrogen-bond donors (Lipinski definition) is 1. The van der Waals surface area contributed by atoms with Crippen LogP contribution in [0.1, 0.15) is 46.0 Å². The third-order valence-electron chi connectivity index (χ3n) is 4.71. The van der Waals surface area contributed by atoms with Crippen LogP contribution in [0.5, 0.6) is 0 Å². The Bertz CT molecular complexity index is 245. The Balaban J connectivity index is 1.80. The molecule has 92 valence electrons. The zero-order chi connectivity index (χ0) is 11.5. The molecule has 0 spiro atoms. The first kappa shape index (κ1) is 12.1. The van der Waals surface area contributed by atoms with Crippen molar-refractivity contribution in [3.8, 4) is 0 Å². The second-order valence-electron chi connectivity index (χ2n) is 5.99. The van der Waals surface area contributed by atoms with Crippen LogP contribution in [0.15, 0.2) is 0 Å². The fraction of sp³-hybridized carbons (Fsp3) is 0.929. The van der Waals surface area contributed by atoms with Gasteiger partial charge >= 0.3 is 0 Å². The molecule has 0 aromatic rings. The maximum absolute atomic E-state index is 12.2. The van der Waals surface area contributed by atoms with Crippen LogP contribution in [0.25, 0.3) is 0 Å². The highest BCUT2D eigenvalue weighted by molar-refractivity contribution is 5.81. The lowest BCUT2D eigenvalue weighted by atomic mass is 9.73. The molecule has 0 bridgehead atoms. The number of hydrogen-bond acceptors (Lipinski definition) is 2. The van der Waals surface area contributed by atoms with Crippen molar-refractivity contribution >= 4 is 5.78 Å². The Morgan fingerprint density at radius 2 is 2.00 bits per heavy atom. The summed E-state index contributed by atoms with van der Waals surface area (Å²) in [7, 11) is 0. The summed E-state index contributed by atoms with van der Waals surface area (Å²) in [5.74, 6) is 3.11. The second kappa shape index (κ2) is 5.31. The summed E-state index contributed by atoms with van der Waals surface area (Å²) in [5.41, 5.74) is 0. The van der Waals surface area contributed by atoms with Crippen LogP contribution < -0.4 is 5.32 Å². The van der Waals surface area contributed by atoms with Gasteiger partial charge in [-0.05, 0) is 56.5 Å². The zero-order valence-corrected chi connectivity index (χ0v) is 10.7. The fourth-order valence-corrected chi connectivity index (χ4v) is 3.18. The second-order valence-corrected chi connectivity index (χ2v) is 5.99. The molecule has 4 atom stereocenters. The number of nitrogens with one attached hydrogen (secondary N) is 1. The van der Waals surface area contributed by atoms with Gasteiger partial charge in [0.15, 0.2) is 0 Å². The van der Waals surface area contributed by atoms with E-state index in [0.29, 0.717) is 17.6 Å². The van der Waals surface area contributed by atoms with E-state index in [1.807, 2.05) is 0 Å². The first-order chi connectivity index (χ1) is 7.66. The van der Waals surface area contributed by atoms with Crippen LogP contribution in [0.2, 0.25) is 0 Å². The van der Waals surface area contributed by atoms with Crippen molar-refractivity contribution in [2.75, 3.05) is 13.1 Å². The summed E-state index contributed by atoms with van der Waals surface area (Å²) in [6.07, 6.45) is 5.56. The quantitative estimate of drug-likeness (QED) is 0.797. The van der Waals surface area contributed by atoms with Gasteiger partial charge in [0.1, 0.15) is 5.78 Å². The van der Waals surface area contributed by atoms with E-state index in [9.17, 15) is 4.79 Å². The van der Waals surface area contributed by atoms with E-state index < -0.39 is 0 Å². The number of Topliss-reactive ketones (excluding diaryl/α,β-unsaturated/α-hetero) is 1. The maximum Gasteiger partial charge on any atom is 0.136 e. The first-order valence-corrected chi connectivity index (χ1v) is 6.90. The first-order valence-electron chi connectivity index (χ1n) is 6.90. The molecule has 0 aromatic carbocycles. The van der Waals surface area contributed by atoms with E-state index in [2.05, 4.69) is 19.2 Å². The monoisotopic (exact) mass is 223 g/mol. The Kier molecular flexibility index (Phi) is 4.01. The molecule has 1 saturated carbocycles. The van der Waals surface area contributed by atoms with Crippen molar-refractivity contribution in [1.82, 2.24) is 5.32 Å². The summed E-state index contributed by atoms with van der Waals surface area (Å²) in [5, 5.41) is 3.34. The number of carbonyl (C=O) groups excluding carboxylic acids is 1. The normalized spacial score (nSPS) is 39.9. The molecule has 1 N–H and O–H groups in total. The van der Waals surface area contributed by atoms with Gasteiger partial charge in [0.25, 0.3) is 0 Å². The Labute approximate surface area is 99.2 Å². The van der Waals surface area contributed by atoms with E-state index >= 15 is 0 Å². The predicted octanol–water partition coefficient (Wildman–Crippen LogP) is 2.63. The fourth-order valence-electron chi connectivity index (χ4n) is 3.18. The van der Waals surface area contributed by atoms with Crippen molar-refractivity contribution < 1.29 is 4.79 Å². The molecule has 1 heterocycles. The molecule has 1 saturated heterocycles. The number of rotatable bonds is 3. The van der Waals surface area contributed by atoms with Crippen molar-refractivity contribution in [1.29, 1.82) is 0 Å². The van der Waals surface area contributed by atoms with E-state index in [4.69, 9.17) is 0 Å². The number of ketones is 1. The SMILES string of the molecule is CC1CCC(C(=O)CC2CCNC2)CC1C. The molecule has 4 unspecified atom stereocenters. The minimum atomic E-state index is 0.381. The molecule has 0 amide bonds. The van der Waals surface area contributed by atoms with Crippen LogP contribution in [-0.2, 0) is 4.79 Å². The van der Waals surface area contributed by atoms with Gasteiger partial charge < -0.3 is 5.32 Å². The topological polar surface area (TPSA) is 29.1 Å². The minimum Gasteiger partial charge on any atom is -0.316 e. The van der Waals surface area contributed by atoms with Gasteiger partial charge in [0, 0.05) is 12.3 Å². The van der Waals surface area contributed by atoms with Crippen molar-refractivity contribution in [3.05, 3.63) is 0 Å². The molecule has 2 rings (SSSR count). The van der Waals surface area contributed by atoms with Crippen LogP contribution >= 0.6 is 0 Å². The molecule has 2 aliphatic rings. The average molecular weight is 223 g/mol. The van der Waals surface area contributed by atoms with E-state index in [0.717, 1.165) is 44.2 Å². The highest BCUT2D eigenvalue weighted by Crippen LogP contribution is 2.35. The van der Waals surface area contributed by atoms with Crippen LogP contribution in [0, 0.1) is 23.7 Å². The highest BCUT2D eigenvalue weighted by atomic mass is 16.1. The largest absolute Gasteiger partial charge is 0.316 e. The lowest BCUT2D eigenvalue weighted by Gasteiger charge is -2.31. The standard InChI is InChI=1S/C14H25NO/c1-10-3-4-13(7-11(10)2)14(16)8-12-5-6-15-9-12/h10-13,15H,3-9H2,1-2H3.